The number of nitrogens with one attached hydrogen (secondary N) is 1. The molecule has 0 aliphatic carbocycles. The lowest BCUT2D eigenvalue weighted by Crippen LogP contribution is -2.49. The lowest BCUT2D eigenvalue weighted by atomic mass is 9.94. The van der Waals surface area contributed by atoms with E-state index in [9.17, 15) is 9.59 Å². The summed E-state index contributed by atoms with van der Waals surface area (Å²) in [6.07, 6.45) is 3.53. The van der Waals surface area contributed by atoms with Gasteiger partial charge in [0.15, 0.2) is 0 Å². The second kappa shape index (κ2) is 19.2. The smallest absolute Gasteiger partial charge is 0.339 e. The molecule has 1 aromatic heterocycles. The average molecular weight is 871 g/mol. The number of nitrogens with two attached hydrogens (primary N) is 1. The van der Waals surface area contributed by atoms with Gasteiger partial charge in [0.05, 0.1) is 62.5 Å². The zero-order chi connectivity index (χ0) is 44.0. The number of ether oxygens (including phenoxy) is 3. The summed E-state index contributed by atoms with van der Waals surface area (Å²) in [6.45, 7) is 6.26. The van der Waals surface area contributed by atoms with Crippen LogP contribution in [0.1, 0.15) is 55.8 Å². The van der Waals surface area contributed by atoms with Gasteiger partial charge in [-0.2, -0.15) is 0 Å². The first-order chi connectivity index (χ1) is 30.7. The first kappa shape index (κ1) is 43.1. The number of rotatable bonds is 10. The molecule has 2 fully saturated rings. The van der Waals surface area contributed by atoms with Crippen LogP contribution in [-0.2, 0) is 11.3 Å². The van der Waals surface area contributed by atoms with Gasteiger partial charge in [-0.25, -0.2) is 19.2 Å². The molecular formula is C48H48ClFN8O5. The van der Waals surface area contributed by atoms with Gasteiger partial charge in [0.2, 0.25) is 5.95 Å². The summed E-state index contributed by atoms with van der Waals surface area (Å²) in [5.74, 6) is 6.52. The number of carbonyl (C=O) groups is 2. The van der Waals surface area contributed by atoms with Crippen LogP contribution < -0.4 is 25.4 Å². The predicted molar refractivity (Wildman–Crippen MR) is 242 cm³/mol. The van der Waals surface area contributed by atoms with Gasteiger partial charge in [-0.05, 0) is 73.4 Å². The van der Waals surface area contributed by atoms with E-state index >= 15 is 4.39 Å². The van der Waals surface area contributed by atoms with Crippen molar-refractivity contribution in [2.45, 2.75) is 19.4 Å². The van der Waals surface area contributed by atoms with Crippen LogP contribution in [0.25, 0.3) is 11.3 Å². The largest absolute Gasteiger partial charge is 0.496 e. The van der Waals surface area contributed by atoms with Crippen molar-refractivity contribution < 1.29 is 28.2 Å². The molecule has 0 spiro atoms. The maximum atomic E-state index is 15.4. The molecule has 1 amide bonds. The molecule has 15 heteroatoms. The normalized spacial score (nSPS) is 15.2. The molecule has 3 N–H and O–H groups in total. The number of fused-ring (bicyclic) bond motifs is 3. The summed E-state index contributed by atoms with van der Waals surface area (Å²) >= 11 is 6.48. The number of amides is 1. The number of anilines is 3. The zero-order valence-electron chi connectivity index (χ0n) is 35.4. The summed E-state index contributed by atoms with van der Waals surface area (Å²) in [7, 11) is 4.41. The van der Waals surface area contributed by atoms with E-state index in [0.29, 0.717) is 80.8 Å². The fourth-order valence-electron chi connectivity index (χ4n) is 8.49. The van der Waals surface area contributed by atoms with Crippen molar-refractivity contribution in [2.75, 3.05) is 83.9 Å². The van der Waals surface area contributed by atoms with E-state index in [-0.39, 0.29) is 24.6 Å². The third-order valence-electron chi connectivity index (χ3n) is 11.8. The van der Waals surface area contributed by atoms with Gasteiger partial charge in [-0.1, -0.05) is 35.6 Å². The number of aliphatic imine (C=N–C) groups is 1. The van der Waals surface area contributed by atoms with Gasteiger partial charge >= 0.3 is 5.97 Å². The highest BCUT2D eigenvalue weighted by molar-refractivity contribution is 6.31. The second-order valence-electron chi connectivity index (χ2n) is 15.5. The van der Waals surface area contributed by atoms with Crippen molar-refractivity contribution in [1.82, 2.24) is 19.8 Å². The van der Waals surface area contributed by atoms with Gasteiger partial charge in [-0.15, -0.1) is 0 Å². The fraction of sp³-hybridized carbons (Fsp3) is 0.312. The minimum atomic E-state index is -0.464. The molecule has 4 aromatic carbocycles. The van der Waals surface area contributed by atoms with Crippen molar-refractivity contribution in [3.63, 3.8) is 0 Å². The Balaban J connectivity index is 0.888. The molecule has 4 heterocycles. The number of piperazine rings is 1. The van der Waals surface area contributed by atoms with Crippen LogP contribution in [0.5, 0.6) is 11.5 Å². The lowest BCUT2D eigenvalue weighted by Gasteiger charge is -2.39. The highest BCUT2D eigenvalue weighted by Gasteiger charge is 2.29. The first-order valence-corrected chi connectivity index (χ1v) is 21.2. The third kappa shape index (κ3) is 9.32. The molecular weight excluding hydrogens is 823 g/mol. The van der Waals surface area contributed by atoms with Crippen LogP contribution in [0, 0.1) is 23.6 Å². The molecule has 0 saturated carbocycles. The van der Waals surface area contributed by atoms with Crippen LogP contribution >= 0.6 is 11.6 Å². The quantitative estimate of drug-likeness (QED) is 0.113. The van der Waals surface area contributed by atoms with Crippen LogP contribution in [0.3, 0.4) is 0 Å². The summed E-state index contributed by atoms with van der Waals surface area (Å²) in [5.41, 5.74) is 12.2. The Labute approximate surface area is 371 Å². The van der Waals surface area contributed by atoms with Crippen LogP contribution in [-0.4, -0.2) is 111 Å². The van der Waals surface area contributed by atoms with E-state index < -0.39 is 11.8 Å². The number of aromatic nitrogens is 2. The average Bonchev–Trinajstić information content (AvgIpc) is 3.46. The van der Waals surface area contributed by atoms with Crippen LogP contribution in [0.15, 0.2) is 84.0 Å². The summed E-state index contributed by atoms with van der Waals surface area (Å²) in [4.78, 5) is 47.2. The lowest BCUT2D eigenvalue weighted by molar-refractivity contribution is 0.0599. The number of esters is 1. The molecule has 5 aromatic rings. The van der Waals surface area contributed by atoms with Crippen molar-refractivity contribution in [1.29, 1.82) is 0 Å². The monoisotopic (exact) mass is 870 g/mol. The molecule has 3 aliphatic rings. The van der Waals surface area contributed by atoms with E-state index in [1.807, 2.05) is 29.2 Å². The molecule has 13 nitrogen and oxygen atoms in total. The van der Waals surface area contributed by atoms with Crippen LogP contribution in [0.2, 0.25) is 5.02 Å². The number of hydrogen-bond donors (Lipinski definition) is 2. The summed E-state index contributed by atoms with van der Waals surface area (Å²) in [5, 5.41) is 3.75. The van der Waals surface area contributed by atoms with Gasteiger partial charge < -0.3 is 35.1 Å². The Morgan fingerprint density at radius 1 is 0.905 bits per heavy atom. The molecule has 63 heavy (non-hydrogen) atoms. The topological polar surface area (TPSA) is 148 Å². The molecule has 0 unspecified atom stereocenters. The number of likely N-dealkylation sites (tertiary alicyclic amines) is 1. The number of hydrogen-bond acceptors (Lipinski definition) is 12. The summed E-state index contributed by atoms with van der Waals surface area (Å²) < 4.78 is 31.6. The molecule has 8 rings (SSSR count). The van der Waals surface area contributed by atoms with Crippen molar-refractivity contribution >= 4 is 46.5 Å². The Bertz CT molecular complexity index is 2630. The number of piperidine rings is 1. The molecule has 2 saturated heterocycles. The van der Waals surface area contributed by atoms with Gasteiger partial charge in [0, 0.05) is 96.7 Å². The maximum absolute atomic E-state index is 15.4. The molecule has 0 bridgehead atoms. The van der Waals surface area contributed by atoms with Crippen molar-refractivity contribution in [2.24, 2.45) is 16.6 Å². The fourth-order valence-corrected chi connectivity index (χ4v) is 8.66. The van der Waals surface area contributed by atoms with E-state index in [0.717, 1.165) is 62.4 Å². The standard InChI is InChI=1S/C48H48ClFN8O5/c1-61-41-8-4-7-40(50)43(41)45-39-25-33(49)9-12-37(39)44-32(27-52-45)28-53-48(55-44)54-34-10-13-38(42(26-34)62-2)46(59)58-18-15-30(16-19-58)29-56-20-22-57(23-21-56)35-11-14-36(47(60)63-3)31(24-35)6-5-17-51/h4,7-14,24-26,28,30H,15-23,27,29,51H2,1-3H3,(H,53,54,55). The highest BCUT2D eigenvalue weighted by atomic mass is 35.5. The highest BCUT2D eigenvalue weighted by Crippen LogP contribution is 2.37. The van der Waals surface area contributed by atoms with Gasteiger partial charge in [-0.3, -0.25) is 14.7 Å². The van der Waals surface area contributed by atoms with E-state index in [2.05, 4.69) is 31.9 Å². The number of methoxy groups -OCH3 is 3. The minimum absolute atomic E-state index is 0.0713. The Morgan fingerprint density at radius 2 is 1.68 bits per heavy atom. The Hall–Kier alpha value is -6.53. The van der Waals surface area contributed by atoms with Gasteiger partial charge in [0.1, 0.15) is 17.3 Å². The zero-order valence-corrected chi connectivity index (χ0v) is 36.2. The van der Waals surface area contributed by atoms with E-state index in [1.54, 1.807) is 55.8 Å². The van der Waals surface area contributed by atoms with E-state index in [4.69, 9.17) is 41.5 Å². The molecule has 0 atom stereocenters. The molecule has 324 valence electrons. The maximum Gasteiger partial charge on any atom is 0.339 e. The van der Waals surface area contributed by atoms with Gasteiger partial charge in [0.25, 0.3) is 5.91 Å². The number of carbonyl (C=O) groups excluding carboxylic acids is 2. The van der Waals surface area contributed by atoms with E-state index in [1.165, 1.54) is 20.3 Å². The first-order valence-electron chi connectivity index (χ1n) is 20.8. The number of halogens is 2. The second-order valence-corrected chi connectivity index (χ2v) is 16.0. The van der Waals surface area contributed by atoms with Crippen molar-refractivity contribution in [3.8, 4) is 34.6 Å². The Kier molecular flexibility index (Phi) is 13.2. The van der Waals surface area contributed by atoms with Crippen molar-refractivity contribution in [3.05, 3.63) is 123 Å². The number of benzene rings is 4. The SMILES string of the molecule is COC(=O)c1ccc(N2CCN(CC3CCN(C(=O)c4ccc(Nc5ncc6c(n5)-c5ccc(Cl)cc5C(c5c(F)cccc5OC)=NC6)cc4OC)CC3)CC2)cc1C#CCN. The Morgan fingerprint density at radius 3 is 2.43 bits per heavy atom. The minimum Gasteiger partial charge on any atom is -0.496 e. The molecule has 0 radical (unpaired) electrons. The third-order valence-corrected chi connectivity index (χ3v) is 12.0. The van der Waals surface area contributed by atoms with Crippen LogP contribution in [0.4, 0.5) is 21.7 Å². The molecule has 3 aliphatic heterocycles. The summed E-state index contributed by atoms with van der Waals surface area (Å²) in [6, 6.07) is 21.1. The predicted octanol–water partition coefficient (Wildman–Crippen LogP) is 6.82. The number of nitrogens with zero attached hydrogens (tertiary/aromatic N) is 6.